The van der Waals surface area contributed by atoms with Crippen molar-refractivity contribution in [3.05, 3.63) is 0 Å². The summed E-state index contributed by atoms with van der Waals surface area (Å²) in [5.41, 5.74) is 0. The van der Waals surface area contributed by atoms with E-state index in [1.165, 1.54) is 58.4 Å². The van der Waals surface area contributed by atoms with Crippen molar-refractivity contribution in [3.8, 4) is 0 Å². The number of likely N-dealkylation sites (tertiary alicyclic amines) is 1. The van der Waals surface area contributed by atoms with E-state index in [4.69, 9.17) is 0 Å². The van der Waals surface area contributed by atoms with Crippen molar-refractivity contribution in [3.63, 3.8) is 0 Å². The Labute approximate surface area is 100 Å². The fourth-order valence-corrected chi connectivity index (χ4v) is 2.78. The van der Waals surface area contributed by atoms with Crippen LogP contribution in [0.4, 0.5) is 0 Å². The zero-order valence-corrected chi connectivity index (χ0v) is 10.9. The lowest BCUT2D eigenvalue weighted by atomic mass is 10.1. The quantitative estimate of drug-likeness (QED) is 0.732. The summed E-state index contributed by atoms with van der Waals surface area (Å²) < 4.78 is 0. The van der Waals surface area contributed by atoms with Crippen LogP contribution < -0.4 is 5.32 Å². The first kappa shape index (κ1) is 12.3. The third-order valence-corrected chi connectivity index (χ3v) is 3.93. The molecule has 1 N–H and O–H groups in total. The molecule has 1 atom stereocenters. The minimum atomic E-state index is 0.733. The molecule has 16 heavy (non-hydrogen) atoms. The van der Waals surface area contributed by atoms with E-state index in [1.807, 2.05) is 0 Å². The minimum absolute atomic E-state index is 0.733. The lowest BCUT2D eigenvalue weighted by Gasteiger charge is -2.31. The summed E-state index contributed by atoms with van der Waals surface area (Å²) in [6.45, 7) is 8.42. The summed E-state index contributed by atoms with van der Waals surface area (Å²) >= 11 is 0. The first-order valence-electron chi connectivity index (χ1n) is 6.95. The van der Waals surface area contributed by atoms with Gasteiger partial charge in [0.15, 0.2) is 0 Å². The summed E-state index contributed by atoms with van der Waals surface area (Å²) in [5, 5.41) is 3.72. The van der Waals surface area contributed by atoms with Gasteiger partial charge in [0.25, 0.3) is 0 Å². The predicted molar refractivity (Wildman–Crippen MR) is 68.8 cm³/mol. The lowest BCUT2D eigenvalue weighted by Crippen LogP contribution is -2.46. The van der Waals surface area contributed by atoms with Gasteiger partial charge >= 0.3 is 0 Å². The Bertz CT molecular complexity index is 203. The number of piperidine rings is 1. The Morgan fingerprint density at radius 1 is 1.31 bits per heavy atom. The number of nitrogens with one attached hydrogen (secondary N) is 1. The van der Waals surface area contributed by atoms with E-state index in [0.717, 1.165) is 12.1 Å². The average molecular weight is 225 g/mol. The minimum Gasteiger partial charge on any atom is -0.311 e. The van der Waals surface area contributed by atoms with Crippen molar-refractivity contribution in [1.29, 1.82) is 0 Å². The van der Waals surface area contributed by atoms with Crippen molar-refractivity contribution >= 4 is 0 Å². The van der Waals surface area contributed by atoms with Gasteiger partial charge in [0.1, 0.15) is 0 Å². The van der Waals surface area contributed by atoms with Gasteiger partial charge < -0.3 is 10.2 Å². The molecule has 2 rings (SSSR count). The van der Waals surface area contributed by atoms with Gasteiger partial charge in [-0.25, -0.2) is 0 Å². The van der Waals surface area contributed by atoms with E-state index in [0.29, 0.717) is 0 Å². The molecule has 0 amide bonds. The monoisotopic (exact) mass is 225 g/mol. The fraction of sp³-hybridized carbons (Fsp3) is 1.00. The molecule has 1 aliphatic heterocycles. The highest BCUT2D eigenvalue weighted by Gasteiger charge is 2.27. The zero-order valence-electron chi connectivity index (χ0n) is 10.9. The number of hydrogen-bond acceptors (Lipinski definition) is 3. The Balaban J connectivity index is 1.59. The second-order valence-electron chi connectivity index (χ2n) is 5.42. The summed E-state index contributed by atoms with van der Waals surface area (Å²) in [5.74, 6) is 0. The maximum Gasteiger partial charge on any atom is 0.0195 e. The third kappa shape index (κ3) is 3.72. The normalized spacial score (nSPS) is 27.6. The number of likely N-dealkylation sites (N-methyl/N-ethyl adjacent to an activating group) is 2. The lowest BCUT2D eigenvalue weighted by molar-refractivity contribution is 0.215. The van der Waals surface area contributed by atoms with Gasteiger partial charge in [-0.3, -0.25) is 4.90 Å². The molecule has 1 saturated carbocycles. The molecule has 3 heteroatoms. The molecular weight excluding hydrogens is 198 g/mol. The molecule has 0 bridgehead atoms. The van der Waals surface area contributed by atoms with Crippen LogP contribution >= 0.6 is 0 Å². The van der Waals surface area contributed by atoms with Crippen LogP contribution in [-0.2, 0) is 0 Å². The second-order valence-corrected chi connectivity index (χ2v) is 5.42. The SMILES string of the molecule is CCN(CCNC1CCCN(C)C1)C1CC1. The van der Waals surface area contributed by atoms with Crippen LogP contribution in [0.15, 0.2) is 0 Å². The van der Waals surface area contributed by atoms with Gasteiger partial charge in [0, 0.05) is 31.7 Å². The molecular formula is C13H27N3. The number of hydrogen-bond donors (Lipinski definition) is 1. The number of rotatable bonds is 6. The summed E-state index contributed by atoms with van der Waals surface area (Å²) in [6.07, 6.45) is 5.58. The molecule has 0 radical (unpaired) electrons. The van der Waals surface area contributed by atoms with Gasteiger partial charge in [-0.2, -0.15) is 0 Å². The van der Waals surface area contributed by atoms with E-state index >= 15 is 0 Å². The smallest absolute Gasteiger partial charge is 0.0195 e. The van der Waals surface area contributed by atoms with Crippen molar-refractivity contribution in [2.24, 2.45) is 0 Å². The molecule has 0 aromatic carbocycles. The molecule has 2 fully saturated rings. The summed E-state index contributed by atoms with van der Waals surface area (Å²) in [4.78, 5) is 5.07. The maximum absolute atomic E-state index is 3.72. The van der Waals surface area contributed by atoms with Gasteiger partial charge in [-0.15, -0.1) is 0 Å². The average Bonchev–Trinajstić information content (AvgIpc) is 3.08. The molecule has 2 aliphatic rings. The zero-order chi connectivity index (χ0) is 11.4. The van der Waals surface area contributed by atoms with Gasteiger partial charge in [0.2, 0.25) is 0 Å². The molecule has 1 unspecified atom stereocenters. The largest absolute Gasteiger partial charge is 0.311 e. The predicted octanol–water partition coefficient (Wildman–Crippen LogP) is 1.15. The van der Waals surface area contributed by atoms with E-state index in [-0.39, 0.29) is 0 Å². The first-order chi connectivity index (χ1) is 7.79. The topological polar surface area (TPSA) is 18.5 Å². The molecule has 3 nitrogen and oxygen atoms in total. The van der Waals surface area contributed by atoms with Crippen LogP contribution in [0.5, 0.6) is 0 Å². The maximum atomic E-state index is 3.72. The highest BCUT2D eigenvalue weighted by Crippen LogP contribution is 2.25. The highest BCUT2D eigenvalue weighted by molar-refractivity contribution is 4.84. The van der Waals surface area contributed by atoms with Crippen LogP contribution in [0.3, 0.4) is 0 Å². The summed E-state index contributed by atoms with van der Waals surface area (Å²) in [6, 6.07) is 1.65. The standard InChI is InChI=1S/C13H27N3/c1-3-16(13-6-7-13)10-8-14-12-5-4-9-15(2)11-12/h12-14H,3-11H2,1-2H3. The van der Waals surface area contributed by atoms with Crippen LogP contribution in [0, 0.1) is 0 Å². The van der Waals surface area contributed by atoms with Crippen LogP contribution in [0.1, 0.15) is 32.6 Å². The highest BCUT2D eigenvalue weighted by atomic mass is 15.2. The van der Waals surface area contributed by atoms with Gasteiger partial charge in [-0.1, -0.05) is 6.92 Å². The van der Waals surface area contributed by atoms with Crippen molar-refractivity contribution in [2.75, 3.05) is 39.8 Å². The molecule has 1 aliphatic carbocycles. The van der Waals surface area contributed by atoms with Crippen LogP contribution in [0.2, 0.25) is 0 Å². The van der Waals surface area contributed by atoms with Crippen LogP contribution in [0.25, 0.3) is 0 Å². The van der Waals surface area contributed by atoms with E-state index in [2.05, 4.69) is 29.1 Å². The molecule has 1 saturated heterocycles. The van der Waals surface area contributed by atoms with Crippen LogP contribution in [-0.4, -0.2) is 61.7 Å². The van der Waals surface area contributed by atoms with Crippen molar-refractivity contribution in [2.45, 2.75) is 44.7 Å². The van der Waals surface area contributed by atoms with E-state index in [1.54, 1.807) is 0 Å². The Hall–Kier alpha value is -0.120. The Morgan fingerprint density at radius 2 is 2.12 bits per heavy atom. The van der Waals surface area contributed by atoms with Crippen molar-refractivity contribution < 1.29 is 0 Å². The molecule has 0 aromatic rings. The Kier molecular flexibility index (Phi) is 4.62. The number of nitrogens with zero attached hydrogens (tertiary/aromatic N) is 2. The summed E-state index contributed by atoms with van der Waals surface area (Å²) in [7, 11) is 2.23. The second kappa shape index (κ2) is 5.99. The Morgan fingerprint density at radius 3 is 2.75 bits per heavy atom. The van der Waals surface area contributed by atoms with Gasteiger partial charge in [-0.05, 0) is 45.8 Å². The van der Waals surface area contributed by atoms with E-state index in [9.17, 15) is 0 Å². The third-order valence-electron chi connectivity index (χ3n) is 3.93. The van der Waals surface area contributed by atoms with Gasteiger partial charge in [0.05, 0.1) is 0 Å². The van der Waals surface area contributed by atoms with E-state index < -0.39 is 0 Å². The van der Waals surface area contributed by atoms with Crippen molar-refractivity contribution in [1.82, 2.24) is 15.1 Å². The molecule has 94 valence electrons. The molecule has 0 aromatic heterocycles. The molecule has 1 heterocycles. The fourth-order valence-electron chi connectivity index (χ4n) is 2.78. The first-order valence-corrected chi connectivity index (χ1v) is 6.95. The molecule has 0 spiro atoms.